The summed E-state index contributed by atoms with van der Waals surface area (Å²) in [6, 6.07) is 26.3. The minimum Gasteiger partial charge on any atom is -0.355 e. The molecule has 1 saturated heterocycles. The van der Waals surface area contributed by atoms with Crippen LogP contribution in [0.15, 0.2) is 83.9 Å². The lowest BCUT2D eigenvalue weighted by Crippen LogP contribution is -2.36. The first-order valence-electron chi connectivity index (χ1n) is 13.3. The van der Waals surface area contributed by atoms with Gasteiger partial charge in [0.1, 0.15) is 5.84 Å². The second kappa shape index (κ2) is 13.4. The van der Waals surface area contributed by atoms with Crippen molar-refractivity contribution in [1.82, 2.24) is 14.7 Å². The molecule has 0 aliphatic carbocycles. The minimum atomic E-state index is 0.0602. The van der Waals surface area contributed by atoms with Crippen LogP contribution in [0.2, 0.25) is 5.02 Å². The van der Waals surface area contributed by atoms with E-state index in [0.717, 1.165) is 62.7 Å². The third-order valence-corrected chi connectivity index (χ3v) is 7.29. The molecule has 37 heavy (non-hydrogen) atoms. The number of halogens is 1. The largest absolute Gasteiger partial charge is 0.355 e. The fraction of sp³-hybridized carbons (Fsp3) is 0.355. The standard InChI is InChI=1S/C31H37ClN4O/c1-3-35(4-2)31(37)27-17-15-26(16-18-27)30(33-29-14-9-8-13-28(29)32)36-21-10-20-34(23-24-36)22-19-25-11-6-5-7-12-25/h5-9,11-18H,3-4,10,19-24H2,1-2H3. The first-order chi connectivity index (χ1) is 18.1. The Morgan fingerprint density at radius 1 is 0.838 bits per heavy atom. The quantitative estimate of drug-likeness (QED) is 0.266. The predicted octanol–water partition coefficient (Wildman–Crippen LogP) is 6.15. The highest BCUT2D eigenvalue weighted by molar-refractivity contribution is 6.33. The zero-order valence-corrected chi connectivity index (χ0v) is 22.7. The van der Waals surface area contributed by atoms with Gasteiger partial charge in [-0.3, -0.25) is 4.79 Å². The van der Waals surface area contributed by atoms with Crippen LogP contribution in [0.4, 0.5) is 5.69 Å². The Morgan fingerprint density at radius 2 is 1.51 bits per heavy atom. The van der Waals surface area contributed by atoms with Gasteiger partial charge in [0, 0.05) is 50.4 Å². The van der Waals surface area contributed by atoms with Gasteiger partial charge < -0.3 is 14.7 Å². The van der Waals surface area contributed by atoms with Crippen molar-refractivity contribution in [3.05, 3.63) is 101 Å². The highest BCUT2D eigenvalue weighted by atomic mass is 35.5. The maximum absolute atomic E-state index is 12.8. The molecule has 5 nitrogen and oxygen atoms in total. The monoisotopic (exact) mass is 516 g/mol. The Kier molecular flexibility index (Phi) is 9.75. The average molecular weight is 517 g/mol. The third kappa shape index (κ3) is 7.21. The number of aliphatic imine (C=N–C) groups is 1. The molecule has 4 rings (SSSR count). The second-order valence-electron chi connectivity index (χ2n) is 9.36. The number of amidine groups is 1. The summed E-state index contributed by atoms with van der Waals surface area (Å²) in [6.07, 6.45) is 2.12. The van der Waals surface area contributed by atoms with Gasteiger partial charge in [0.25, 0.3) is 5.91 Å². The molecule has 1 fully saturated rings. The highest BCUT2D eigenvalue weighted by Gasteiger charge is 2.20. The molecule has 0 bridgehead atoms. The van der Waals surface area contributed by atoms with E-state index in [9.17, 15) is 4.79 Å². The van der Waals surface area contributed by atoms with Gasteiger partial charge in [0.2, 0.25) is 0 Å². The molecular weight excluding hydrogens is 480 g/mol. The Bertz CT molecular complexity index is 1180. The van der Waals surface area contributed by atoms with Gasteiger partial charge in [0.15, 0.2) is 0 Å². The van der Waals surface area contributed by atoms with Gasteiger partial charge in [-0.05, 0) is 63.1 Å². The first kappa shape index (κ1) is 26.9. The molecule has 0 N–H and O–H groups in total. The van der Waals surface area contributed by atoms with Crippen LogP contribution in [0.1, 0.15) is 41.8 Å². The molecule has 6 heteroatoms. The van der Waals surface area contributed by atoms with E-state index in [1.165, 1.54) is 5.56 Å². The van der Waals surface area contributed by atoms with Crippen LogP contribution in [0, 0.1) is 0 Å². The molecule has 3 aromatic rings. The number of amides is 1. The maximum atomic E-state index is 12.8. The summed E-state index contributed by atoms with van der Waals surface area (Å²) in [4.78, 5) is 24.6. The predicted molar refractivity (Wildman–Crippen MR) is 154 cm³/mol. The van der Waals surface area contributed by atoms with Crippen molar-refractivity contribution in [3.8, 4) is 0 Å². The van der Waals surface area contributed by atoms with Crippen molar-refractivity contribution in [3.63, 3.8) is 0 Å². The summed E-state index contributed by atoms with van der Waals surface area (Å²) in [7, 11) is 0. The van der Waals surface area contributed by atoms with Crippen molar-refractivity contribution in [2.75, 3.05) is 45.8 Å². The molecule has 1 aliphatic rings. The zero-order valence-electron chi connectivity index (χ0n) is 21.9. The lowest BCUT2D eigenvalue weighted by atomic mass is 10.1. The molecule has 194 valence electrons. The zero-order chi connectivity index (χ0) is 26.0. The summed E-state index contributed by atoms with van der Waals surface area (Å²) in [5, 5.41) is 0.632. The number of hydrogen-bond donors (Lipinski definition) is 0. The molecule has 1 aliphatic heterocycles. The lowest BCUT2D eigenvalue weighted by Gasteiger charge is -2.26. The van der Waals surface area contributed by atoms with Crippen LogP contribution in [0.5, 0.6) is 0 Å². The summed E-state index contributed by atoms with van der Waals surface area (Å²) < 4.78 is 0. The van der Waals surface area contributed by atoms with Gasteiger partial charge in [0.05, 0.1) is 10.7 Å². The molecule has 0 aromatic heterocycles. The third-order valence-electron chi connectivity index (χ3n) is 6.97. The number of hydrogen-bond acceptors (Lipinski definition) is 3. The van der Waals surface area contributed by atoms with Crippen molar-refractivity contribution < 1.29 is 4.79 Å². The molecule has 0 unspecified atom stereocenters. The number of carbonyl (C=O) groups excluding carboxylic acids is 1. The smallest absolute Gasteiger partial charge is 0.253 e. The first-order valence-corrected chi connectivity index (χ1v) is 13.7. The Morgan fingerprint density at radius 3 is 2.22 bits per heavy atom. The minimum absolute atomic E-state index is 0.0602. The lowest BCUT2D eigenvalue weighted by molar-refractivity contribution is 0.0773. The molecule has 3 aromatic carbocycles. The van der Waals surface area contributed by atoms with E-state index in [-0.39, 0.29) is 5.91 Å². The number of rotatable bonds is 8. The fourth-order valence-corrected chi connectivity index (χ4v) is 4.95. The molecule has 0 radical (unpaired) electrons. The van der Waals surface area contributed by atoms with Crippen molar-refractivity contribution in [2.24, 2.45) is 4.99 Å². The van der Waals surface area contributed by atoms with E-state index in [1.54, 1.807) is 0 Å². The summed E-state index contributed by atoms with van der Waals surface area (Å²) in [5.41, 5.74) is 3.83. The van der Waals surface area contributed by atoms with Gasteiger partial charge >= 0.3 is 0 Å². The van der Waals surface area contributed by atoms with Crippen molar-refractivity contribution in [1.29, 1.82) is 0 Å². The van der Waals surface area contributed by atoms with Crippen LogP contribution < -0.4 is 0 Å². The average Bonchev–Trinajstić information content (AvgIpc) is 3.18. The van der Waals surface area contributed by atoms with Crippen LogP contribution >= 0.6 is 11.6 Å². The van der Waals surface area contributed by atoms with Crippen LogP contribution in [0.3, 0.4) is 0 Å². The SMILES string of the molecule is CCN(CC)C(=O)c1ccc(C(=Nc2ccccc2Cl)N2CCCN(CCc3ccccc3)CC2)cc1. The molecule has 0 spiro atoms. The van der Waals surface area contributed by atoms with E-state index in [2.05, 4.69) is 40.1 Å². The van der Waals surface area contributed by atoms with Crippen LogP contribution in [-0.2, 0) is 6.42 Å². The van der Waals surface area contributed by atoms with E-state index >= 15 is 0 Å². The van der Waals surface area contributed by atoms with Crippen molar-refractivity contribution in [2.45, 2.75) is 26.7 Å². The summed E-state index contributed by atoms with van der Waals surface area (Å²) in [5.74, 6) is 0.963. The molecular formula is C31H37ClN4O. The van der Waals surface area contributed by atoms with Crippen LogP contribution in [-0.4, -0.2) is 72.3 Å². The fourth-order valence-electron chi connectivity index (χ4n) is 4.77. The van der Waals surface area contributed by atoms with Crippen molar-refractivity contribution >= 4 is 29.0 Å². The highest BCUT2D eigenvalue weighted by Crippen LogP contribution is 2.26. The van der Waals surface area contributed by atoms with E-state index in [1.807, 2.05) is 67.3 Å². The molecule has 0 atom stereocenters. The van der Waals surface area contributed by atoms with E-state index in [4.69, 9.17) is 16.6 Å². The number of carbonyl (C=O) groups is 1. The Balaban J connectivity index is 1.54. The van der Waals surface area contributed by atoms with Gasteiger partial charge in [-0.2, -0.15) is 0 Å². The summed E-state index contributed by atoms with van der Waals surface area (Å²) >= 11 is 6.50. The van der Waals surface area contributed by atoms with Gasteiger partial charge in [-0.25, -0.2) is 4.99 Å². The number of para-hydroxylation sites is 1. The molecule has 1 amide bonds. The topological polar surface area (TPSA) is 39.2 Å². The Hall–Kier alpha value is -3.15. The normalized spacial score (nSPS) is 14.9. The van der Waals surface area contributed by atoms with Crippen LogP contribution in [0.25, 0.3) is 0 Å². The van der Waals surface area contributed by atoms with Gasteiger partial charge in [-0.1, -0.05) is 66.2 Å². The molecule has 1 heterocycles. The number of benzene rings is 3. The molecule has 0 saturated carbocycles. The Labute approximate surface area is 226 Å². The number of nitrogens with zero attached hydrogens (tertiary/aromatic N) is 4. The summed E-state index contributed by atoms with van der Waals surface area (Å²) in [6.45, 7) is 10.3. The van der Waals surface area contributed by atoms with Gasteiger partial charge in [-0.15, -0.1) is 0 Å². The second-order valence-corrected chi connectivity index (χ2v) is 9.77. The van der Waals surface area contributed by atoms with E-state index in [0.29, 0.717) is 23.7 Å². The van der Waals surface area contributed by atoms with E-state index < -0.39 is 0 Å². The maximum Gasteiger partial charge on any atom is 0.253 e.